The molecule has 0 bridgehead atoms. The van der Waals surface area contributed by atoms with Gasteiger partial charge in [-0.15, -0.1) is 0 Å². The number of benzene rings is 3. The molecule has 0 N–H and O–H groups in total. The van der Waals surface area contributed by atoms with E-state index < -0.39 is 0 Å². The van der Waals surface area contributed by atoms with Crippen LogP contribution in [0.5, 0.6) is 0 Å². The first-order chi connectivity index (χ1) is 17.6. The molecule has 6 heteroatoms. The molecule has 182 valence electrons. The first-order valence-corrected chi connectivity index (χ1v) is 12.6. The Kier molecular flexibility index (Phi) is 6.92. The van der Waals surface area contributed by atoms with Crippen molar-refractivity contribution in [2.45, 2.75) is 25.8 Å². The number of aromatic nitrogens is 1. The highest BCUT2D eigenvalue weighted by molar-refractivity contribution is 6.30. The highest BCUT2D eigenvalue weighted by atomic mass is 35.5. The largest absolute Gasteiger partial charge is 0.329 e. The van der Waals surface area contributed by atoms with Gasteiger partial charge in [0.15, 0.2) is 0 Å². The lowest BCUT2D eigenvalue weighted by molar-refractivity contribution is -0.119. The van der Waals surface area contributed by atoms with Crippen LogP contribution in [0.15, 0.2) is 97.2 Å². The van der Waals surface area contributed by atoms with Gasteiger partial charge in [-0.2, -0.15) is 0 Å². The van der Waals surface area contributed by atoms with Crippen molar-refractivity contribution in [3.8, 4) is 5.69 Å². The third-order valence-corrected chi connectivity index (χ3v) is 6.84. The molecular formula is C30H28ClN3O2. The van der Waals surface area contributed by atoms with E-state index in [1.54, 1.807) is 29.2 Å². The molecule has 36 heavy (non-hydrogen) atoms. The lowest BCUT2D eigenvalue weighted by atomic mass is 9.97. The Morgan fingerprint density at radius 2 is 1.56 bits per heavy atom. The van der Waals surface area contributed by atoms with Crippen LogP contribution in [0.4, 0.5) is 5.69 Å². The molecule has 0 radical (unpaired) electrons. The first kappa shape index (κ1) is 23.9. The van der Waals surface area contributed by atoms with E-state index >= 15 is 0 Å². The lowest BCUT2D eigenvalue weighted by Crippen LogP contribution is -2.47. The van der Waals surface area contributed by atoms with Crippen LogP contribution < -0.4 is 4.90 Å². The predicted octanol–water partition coefficient (Wildman–Crippen LogP) is 6.51. The first-order valence-electron chi connectivity index (χ1n) is 12.3. The minimum Gasteiger partial charge on any atom is -0.329 e. The number of rotatable bonds is 7. The molecule has 1 atom stereocenters. The molecular weight excluding hydrogens is 470 g/mol. The molecule has 0 fully saturated rings. The van der Waals surface area contributed by atoms with Gasteiger partial charge >= 0.3 is 0 Å². The molecule has 5 rings (SSSR count). The molecule has 2 amide bonds. The van der Waals surface area contributed by atoms with Gasteiger partial charge in [-0.05, 0) is 60.5 Å². The van der Waals surface area contributed by atoms with Crippen molar-refractivity contribution in [3.63, 3.8) is 0 Å². The molecule has 2 heterocycles. The monoisotopic (exact) mass is 497 g/mol. The van der Waals surface area contributed by atoms with Gasteiger partial charge in [-0.1, -0.05) is 67.4 Å². The van der Waals surface area contributed by atoms with Gasteiger partial charge in [0.25, 0.3) is 5.91 Å². The summed E-state index contributed by atoms with van der Waals surface area (Å²) >= 11 is 6.03. The van der Waals surface area contributed by atoms with Crippen LogP contribution in [0.3, 0.4) is 0 Å². The number of hydrogen-bond acceptors (Lipinski definition) is 2. The van der Waals surface area contributed by atoms with Gasteiger partial charge in [0, 0.05) is 23.3 Å². The van der Waals surface area contributed by atoms with E-state index in [0.29, 0.717) is 17.1 Å². The number of anilines is 1. The molecule has 0 spiro atoms. The summed E-state index contributed by atoms with van der Waals surface area (Å²) in [4.78, 5) is 31.1. The minimum absolute atomic E-state index is 0.0141. The maximum Gasteiger partial charge on any atom is 0.254 e. The summed E-state index contributed by atoms with van der Waals surface area (Å²) in [7, 11) is 0. The van der Waals surface area contributed by atoms with Gasteiger partial charge in [0.2, 0.25) is 5.91 Å². The number of amides is 2. The maximum atomic E-state index is 14.1. The average molecular weight is 498 g/mol. The second-order valence-electron chi connectivity index (χ2n) is 8.96. The average Bonchev–Trinajstić information content (AvgIpc) is 3.41. The van der Waals surface area contributed by atoms with Crippen LogP contribution in [0.25, 0.3) is 5.69 Å². The molecule has 1 unspecified atom stereocenters. The zero-order valence-electron chi connectivity index (χ0n) is 20.2. The summed E-state index contributed by atoms with van der Waals surface area (Å²) in [5.41, 5.74) is 4.33. The second-order valence-corrected chi connectivity index (χ2v) is 9.39. The van der Waals surface area contributed by atoms with Crippen molar-refractivity contribution in [2.75, 3.05) is 18.0 Å². The standard InChI is InChI=1S/C30H28ClN3O2/c1-2-3-19-32(30(36)23-15-17-24(31)18-16-23)21-28(35)34-26-13-8-7-12-25(26)33-20-9-14-27(33)29(34)22-10-5-4-6-11-22/h4-18,20,29H,2-3,19,21H2,1H3. The topological polar surface area (TPSA) is 45.6 Å². The van der Waals surface area contributed by atoms with E-state index in [-0.39, 0.29) is 24.4 Å². The van der Waals surface area contributed by atoms with Crippen molar-refractivity contribution in [3.05, 3.63) is 119 Å². The number of carbonyl (C=O) groups is 2. The fourth-order valence-electron chi connectivity index (χ4n) is 4.83. The zero-order valence-corrected chi connectivity index (χ0v) is 20.9. The molecule has 1 aliphatic rings. The van der Waals surface area contributed by atoms with Crippen molar-refractivity contribution in [1.82, 2.24) is 9.47 Å². The van der Waals surface area contributed by atoms with E-state index in [4.69, 9.17) is 11.6 Å². The summed E-state index contributed by atoms with van der Waals surface area (Å²) in [5, 5.41) is 0.571. The van der Waals surface area contributed by atoms with E-state index in [1.165, 1.54) is 0 Å². The molecule has 0 saturated heterocycles. The molecule has 1 aliphatic heterocycles. The van der Waals surface area contributed by atoms with Crippen LogP contribution in [-0.4, -0.2) is 34.4 Å². The summed E-state index contributed by atoms with van der Waals surface area (Å²) in [5.74, 6) is -0.291. The Balaban J connectivity index is 1.54. The number of nitrogens with zero attached hydrogens (tertiary/aromatic N) is 3. The predicted molar refractivity (Wildman–Crippen MR) is 144 cm³/mol. The molecule has 3 aromatic carbocycles. The van der Waals surface area contributed by atoms with Crippen LogP contribution in [0.1, 0.15) is 47.4 Å². The smallest absolute Gasteiger partial charge is 0.254 e. The molecule has 0 aliphatic carbocycles. The number of unbranched alkanes of at least 4 members (excludes halogenated alkanes) is 1. The van der Waals surface area contributed by atoms with Crippen LogP contribution in [0, 0.1) is 0 Å². The van der Waals surface area contributed by atoms with Gasteiger partial charge in [0.1, 0.15) is 12.6 Å². The molecule has 0 saturated carbocycles. The minimum atomic E-state index is -0.303. The van der Waals surface area contributed by atoms with Gasteiger partial charge in [0.05, 0.1) is 17.1 Å². The van der Waals surface area contributed by atoms with Gasteiger partial charge < -0.3 is 9.47 Å². The summed E-state index contributed by atoms with van der Waals surface area (Å²) < 4.78 is 2.14. The second kappa shape index (κ2) is 10.4. The lowest BCUT2D eigenvalue weighted by Gasteiger charge is -2.39. The molecule has 4 aromatic rings. The van der Waals surface area contributed by atoms with E-state index in [9.17, 15) is 9.59 Å². The maximum absolute atomic E-state index is 14.1. The highest BCUT2D eigenvalue weighted by Gasteiger charge is 2.36. The number of hydrogen-bond donors (Lipinski definition) is 0. The highest BCUT2D eigenvalue weighted by Crippen LogP contribution is 2.42. The Labute approximate surface area is 216 Å². The Hall–Kier alpha value is -3.83. The zero-order chi connectivity index (χ0) is 25.1. The molecule has 5 nitrogen and oxygen atoms in total. The third kappa shape index (κ3) is 4.54. The number of para-hydroxylation sites is 2. The van der Waals surface area contributed by atoms with Gasteiger partial charge in [-0.25, -0.2) is 0 Å². The normalized spacial score (nSPS) is 14.2. The molecule has 1 aromatic heterocycles. The van der Waals surface area contributed by atoms with Crippen molar-refractivity contribution >= 4 is 29.1 Å². The number of fused-ring (bicyclic) bond motifs is 3. The fraction of sp³-hybridized carbons (Fsp3) is 0.200. The Morgan fingerprint density at radius 1 is 0.861 bits per heavy atom. The number of halogens is 1. The SMILES string of the molecule is CCCCN(CC(=O)N1c2ccccc2-n2cccc2C1c1ccccc1)C(=O)c1ccc(Cl)cc1. The van der Waals surface area contributed by atoms with Crippen molar-refractivity contribution < 1.29 is 9.59 Å². The Bertz CT molecular complexity index is 1360. The quantitative estimate of drug-likeness (QED) is 0.292. The third-order valence-electron chi connectivity index (χ3n) is 6.59. The summed E-state index contributed by atoms with van der Waals surface area (Å²) in [6.07, 6.45) is 3.77. The van der Waals surface area contributed by atoms with Crippen LogP contribution in [-0.2, 0) is 4.79 Å². The van der Waals surface area contributed by atoms with E-state index in [2.05, 4.69) is 17.6 Å². The Morgan fingerprint density at radius 3 is 2.28 bits per heavy atom. The van der Waals surface area contributed by atoms with Crippen molar-refractivity contribution in [1.29, 1.82) is 0 Å². The summed E-state index contributed by atoms with van der Waals surface area (Å²) in [6, 6.07) is 28.6. The van der Waals surface area contributed by atoms with E-state index in [0.717, 1.165) is 35.5 Å². The van der Waals surface area contributed by atoms with Crippen LogP contribution in [0.2, 0.25) is 5.02 Å². The van der Waals surface area contributed by atoms with Gasteiger partial charge in [-0.3, -0.25) is 14.5 Å². The van der Waals surface area contributed by atoms with Crippen LogP contribution >= 0.6 is 11.6 Å². The summed E-state index contributed by atoms with van der Waals surface area (Å²) in [6.45, 7) is 2.57. The van der Waals surface area contributed by atoms with E-state index in [1.807, 2.05) is 71.8 Å². The fourth-order valence-corrected chi connectivity index (χ4v) is 4.95. The van der Waals surface area contributed by atoms with Crippen molar-refractivity contribution in [2.24, 2.45) is 0 Å². The number of carbonyl (C=O) groups excluding carboxylic acids is 2.